The molecule has 1 aromatic carbocycles. The first kappa shape index (κ1) is 24.6. The Morgan fingerprint density at radius 1 is 1.18 bits per heavy atom. The SMILES string of the molecule is CC(C)/[N+]([O-])=C/c1ccc(-c2ccc(OCC3CCN(C(=O)OC(C)(C)C)CC3)cn2)cc1. The molecule has 7 heteroatoms. The van der Waals surface area contributed by atoms with E-state index in [0.29, 0.717) is 25.6 Å². The maximum atomic E-state index is 12.2. The molecule has 33 heavy (non-hydrogen) atoms. The summed E-state index contributed by atoms with van der Waals surface area (Å²) in [7, 11) is 0. The van der Waals surface area contributed by atoms with Crippen LogP contribution in [0.4, 0.5) is 4.79 Å². The summed E-state index contributed by atoms with van der Waals surface area (Å²) >= 11 is 0. The van der Waals surface area contributed by atoms with Crippen molar-refractivity contribution in [1.82, 2.24) is 9.88 Å². The van der Waals surface area contributed by atoms with E-state index in [2.05, 4.69) is 4.98 Å². The highest BCUT2D eigenvalue weighted by Crippen LogP contribution is 2.23. The first-order chi connectivity index (χ1) is 15.6. The van der Waals surface area contributed by atoms with Gasteiger partial charge in [0.1, 0.15) is 11.4 Å². The van der Waals surface area contributed by atoms with Crippen LogP contribution in [-0.2, 0) is 4.74 Å². The number of hydrogen-bond donors (Lipinski definition) is 0. The van der Waals surface area contributed by atoms with Gasteiger partial charge in [-0.25, -0.2) is 9.53 Å². The van der Waals surface area contributed by atoms with Crippen molar-refractivity contribution in [1.29, 1.82) is 0 Å². The van der Waals surface area contributed by atoms with E-state index in [-0.39, 0.29) is 12.1 Å². The number of pyridine rings is 1. The lowest BCUT2D eigenvalue weighted by atomic mass is 9.98. The van der Waals surface area contributed by atoms with Crippen LogP contribution in [0.25, 0.3) is 11.3 Å². The predicted octanol–water partition coefficient (Wildman–Crippen LogP) is 5.11. The molecule has 7 nitrogen and oxygen atoms in total. The summed E-state index contributed by atoms with van der Waals surface area (Å²) in [4.78, 5) is 18.5. The molecule has 1 amide bonds. The number of piperidine rings is 1. The van der Waals surface area contributed by atoms with Crippen LogP contribution < -0.4 is 4.74 Å². The maximum absolute atomic E-state index is 12.2. The zero-order valence-electron chi connectivity index (χ0n) is 20.3. The van der Waals surface area contributed by atoms with Gasteiger partial charge in [-0.15, -0.1) is 0 Å². The lowest BCUT2D eigenvalue weighted by Gasteiger charge is -2.33. The normalized spacial score (nSPS) is 15.6. The second kappa shape index (κ2) is 10.7. The Hall–Kier alpha value is -3.09. The van der Waals surface area contributed by atoms with Gasteiger partial charge in [-0.05, 0) is 77.6 Å². The van der Waals surface area contributed by atoms with Crippen molar-refractivity contribution in [2.24, 2.45) is 5.92 Å². The van der Waals surface area contributed by atoms with Crippen molar-refractivity contribution in [2.75, 3.05) is 19.7 Å². The molecule has 0 bridgehead atoms. The van der Waals surface area contributed by atoms with Crippen LogP contribution in [0.15, 0.2) is 42.6 Å². The largest absolute Gasteiger partial charge is 0.624 e. The fraction of sp³-hybridized carbons (Fsp3) is 0.500. The smallest absolute Gasteiger partial charge is 0.410 e. The van der Waals surface area contributed by atoms with Gasteiger partial charge < -0.3 is 19.6 Å². The van der Waals surface area contributed by atoms with Crippen molar-refractivity contribution in [2.45, 2.75) is 59.1 Å². The van der Waals surface area contributed by atoms with Gasteiger partial charge >= 0.3 is 6.09 Å². The Balaban J connectivity index is 1.48. The minimum atomic E-state index is -0.470. The quantitative estimate of drug-likeness (QED) is 0.263. The first-order valence-electron chi connectivity index (χ1n) is 11.6. The summed E-state index contributed by atoms with van der Waals surface area (Å²) < 4.78 is 12.4. The molecule has 1 fully saturated rings. The number of ether oxygens (including phenoxy) is 2. The highest BCUT2D eigenvalue weighted by molar-refractivity contribution is 5.77. The molecular weight excluding hydrogens is 418 g/mol. The second-order valence-corrected chi connectivity index (χ2v) is 9.81. The molecule has 2 heterocycles. The third-order valence-electron chi connectivity index (χ3n) is 5.48. The Kier molecular flexibility index (Phi) is 7.95. The standard InChI is InChI=1S/C26H35N3O4/c1-19(2)29(31)17-20-6-8-22(9-7-20)24-11-10-23(16-27-24)32-18-21-12-14-28(15-13-21)25(30)33-26(3,4)5/h6-11,16-17,19,21H,12-15,18H2,1-5H3/b29-17-. The first-order valence-corrected chi connectivity index (χ1v) is 11.6. The van der Waals surface area contributed by atoms with E-state index in [1.54, 1.807) is 17.3 Å². The number of hydroxylamine groups is 1. The minimum Gasteiger partial charge on any atom is -0.624 e. The number of amides is 1. The Labute approximate surface area is 196 Å². The lowest BCUT2D eigenvalue weighted by molar-refractivity contribution is -0.487. The highest BCUT2D eigenvalue weighted by atomic mass is 16.6. The molecule has 0 atom stereocenters. The van der Waals surface area contributed by atoms with Gasteiger partial charge in [0, 0.05) is 24.2 Å². The summed E-state index contributed by atoms with van der Waals surface area (Å²) in [6, 6.07) is 11.5. The van der Waals surface area contributed by atoms with Gasteiger partial charge in [-0.3, -0.25) is 4.98 Å². The van der Waals surface area contributed by atoms with E-state index in [1.165, 1.54) is 0 Å². The molecule has 0 unspecified atom stereocenters. The Morgan fingerprint density at radius 2 is 1.85 bits per heavy atom. The molecule has 1 aliphatic heterocycles. The highest BCUT2D eigenvalue weighted by Gasteiger charge is 2.27. The van der Waals surface area contributed by atoms with Gasteiger partial charge in [-0.2, -0.15) is 0 Å². The summed E-state index contributed by atoms with van der Waals surface area (Å²) in [6.07, 6.45) is 4.88. The zero-order valence-corrected chi connectivity index (χ0v) is 20.3. The van der Waals surface area contributed by atoms with E-state index in [0.717, 1.165) is 40.2 Å². The maximum Gasteiger partial charge on any atom is 0.410 e. The lowest BCUT2D eigenvalue weighted by Crippen LogP contribution is -2.42. The third kappa shape index (κ3) is 7.48. The van der Waals surface area contributed by atoms with Crippen LogP contribution in [0.3, 0.4) is 0 Å². The molecule has 3 rings (SSSR count). The van der Waals surface area contributed by atoms with Gasteiger partial charge in [-0.1, -0.05) is 12.1 Å². The number of likely N-dealkylation sites (tertiary alicyclic amines) is 1. The molecule has 178 valence electrons. The van der Waals surface area contributed by atoms with Crippen molar-refractivity contribution in [3.8, 4) is 17.0 Å². The van der Waals surface area contributed by atoms with Gasteiger partial charge in [0.05, 0.1) is 18.5 Å². The number of nitrogens with zero attached hydrogens (tertiary/aromatic N) is 3. The fourth-order valence-corrected chi connectivity index (χ4v) is 3.50. The molecule has 0 spiro atoms. The van der Waals surface area contributed by atoms with E-state index in [1.807, 2.05) is 71.0 Å². The molecule has 1 aromatic heterocycles. The fourth-order valence-electron chi connectivity index (χ4n) is 3.50. The van der Waals surface area contributed by atoms with Crippen LogP contribution in [0.5, 0.6) is 5.75 Å². The van der Waals surface area contributed by atoms with Crippen molar-refractivity contribution in [3.63, 3.8) is 0 Å². The van der Waals surface area contributed by atoms with Gasteiger partial charge in [0.25, 0.3) is 0 Å². The number of carbonyl (C=O) groups is 1. The average Bonchev–Trinajstić information content (AvgIpc) is 2.78. The van der Waals surface area contributed by atoms with E-state index in [4.69, 9.17) is 9.47 Å². The second-order valence-electron chi connectivity index (χ2n) is 9.81. The molecular formula is C26H35N3O4. The number of carbonyl (C=O) groups excluding carboxylic acids is 1. The summed E-state index contributed by atoms with van der Waals surface area (Å²) in [5.74, 6) is 1.13. The molecule has 0 saturated carbocycles. The number of benzene rings is 1. The number of hydrogen-bond acceptors (Lipinski definition) is 5. The van der Waals surface area contributed by atoms with Crippen LogP contribution in [0, 0.1) is 11.1 Å². The van der Waals surface area contributed by atoms with Crippen molar-refractivity contribution >= 4 is 12.3 Å². The number of aromatic nitrogens is 1. The minimum absolute atomic E-state index is 0.0867. The number of rotatable bonds is 6. The summed E-state index contributed by atoms with van der Waals surface area (Å²) in [5.41, 5.74) is 2.22. The summed E-state index contributed by atoms with van der Waals surface area (Å²) in [5, 5.41) is 11.8. The Bertz CT molecular complexity index is 939. The van der Waals surface area contributed by atoms with Crippen LogP contribution in [0.1, 0.15) is 53.0 Å². The van der Waals surface area contributed by atoms with Crippen LogP contribution in [0.2, 0.25) is 0 Å². The van der Waals surface area contributed by atoms with E-state index >= 15 is 0 Å². The predicted molar refractivity (Wildman–Crippen MR) is 130 cm³/mol. The third-order valence-corrected chi connectivity index (χ3v) is 5.48. The van der Waals surface area contributed by atoms with E-state index < -0.39 is 5.60 Å². The van der Waals surface area contributed by atoms with Gasteiger partial charge in [0.2, 0.25) is 0 Å². The molecule has 0 N–H and O–H groups in total. The topological polar surface area (TPSA) is 77.7 Å². The van der Waals surface area contributed by atoms with Crippen molar-refractivity contribution in [3.05, 3.63) is 53.4 Å². The average molecular weight is 454 g/mol. The van der Waals surface area contributed by atoms with E-state index in [9.17, 15) is 10.0 Å². The molecule has 0 aliphatic carbocycles. The Morgan fingerprint density at radius 3 is 2.39 bits per heavy atom. The van der Waals surface area contributed by atoms with Crippen LogP contribution >= 0.6 is 0 Å². The van der Waals surface area contributed by atoms with Gasteiger partial charge in [0.15, 0.2) is 12.3 Å². The van der Waals surface area contributed by atoms with Crippen LogP contribution in [-0.4, -0.2) is 58.3 Å². The molecule has 1 saturated heterocycles. The zero-order chi connectivity index (χ0) is 24.0. The monoisotopic (exact) mass is 453 g/mol. The summed E-state index contributed by atoms with van der Waals surface area (Å²) in [6.45, 7) is 11.4. The molecule has 1 aliphatic rings. The molecule has 0 radical (unpaired) electrons. The molecule has 2 aromatic rings. The van der Waals surface area contributed by atoms with Crippen molar-refractivity contribution < 1.29 is 19.0 Å².